The molecule has 2 aromatic carbocycles. The maximum Gasteiger partial charge on any atom is 0.255 e. The Labute approximate surface area is 175 Å². The summed E-state index contributed by atoms with van der Waals surface area (Å²) in [6.07, 6.45) is 1.56. The first-order valence-electron chi connectivity index (χ1n) is 10.1. The van der Waals surface area contributed by atoms with Crippen LogP contribution in [0.2, 0.25) is 0 Å². The molecule has 0 atom stereocenters. The Morgan fingerprint density at radius 2 is 1.77 bits per heavy atom. The minimum Gasteiger partial charge on any atom is -0.369 e. The molecule has 1 aliphatic rings. The number of piperazine rings is 1. The van der Waals surface area contributed by atoms with Crippen LogP contribution in [0.3, 0.4) is 0 Å². The van der Waals surface area contributed by atoms with Gasteiger partial charge in [0, 0.05) is 38.4 Å². The predicted molar refractivity (Wildman–Crippen MR) is 116 cm³/mol. The van der Waals surface area contributed by atoms with Gasteiger partial charge in [0.15, 0.2) is 0 Å². The number of hydrogen-bond donors (Lipinski definition) is 1. The number of aromatic nitrogens is 2. The van der Waals surface area contributed by atoms with E-state index in [2.05, 4.69) is 39.4 Å². The summed E-state index contributed by atoms with van der Waals surface area (Å²) < 4.78 is 14.8. The molecule has 1 aromatic heterocycles. The zero-order valence-corrected chi connectivity index (χ0v) is 17.3. The van der Waals surface area contributed by atoms with Crippen LogP contribution in [0.5, 0.6) is 0 Å². The van der Waals surface area contributed by atoms with Crippen molar-refractivity contribution in [2.24, 2.45) is 0 Å². The van der Waals surface area contributed by atoms with E-state index in [1.807, 2.05) is 19.1 Å². The van der Waals surface area contributed by atoms with Crippen LogP contribution in [0.25, 0.3) is 5.69 Å². The molecule has 0 unspecified atom stereocenters. The molecule has 0 saturated carbocycles. The smallest absolute Gasteiger partial charge is 0.255 e. The van der Waals surface area contributed by atoms with Gasteiger partial charge >= 0.3 is 0 Å². The number of para-hydroxylation sites is 1. The average Bonchev–Trinajstić information content (AvgIpc) is 3.15. The molecule has 2 heterocycles. The van der Waals surface area contributed by atoms with Crippen LogP contribution in [-0.4, -0.2) is 53.8 Å². The molecule has 0 aliphatic carbocycles. The molecule has 6 nitrogen and oxygen atoms in total. The Kier molecular flexibility index (Phi) is 5.81. The maximum atomic E-state index is 13.2. The molecule has 156 valence electrons. The molecular weight excluding hydrogens is 381 g/mol. The monoisotopic (exact) mass is 407 g/mol. The van der Waals surface area contributed by atoms with Gasteiger partial charge in [-0.1, -0.05) is 18.2 Å². The highest BCUT2D eigenvalue weighted by molar-refractivity contribution is 5.95. The summed E-state index contributed by atoms with van der Waals surface area (Å²) in [5.74, 6) is -0.477. The Hall–Kier alpha value is -3.19. The van der Waals surface area contributed by atoms with Crippen LogP contribution >= 0.6 is 0 Å². The normalized spacial score (nSPS) is 14.7. The molecule has 0 spiro atoms. The van der Waals surface area contributed by atoms with Gasteiger partial charge in [0.1, 0.15) is 5.82 Å². The number of carbonyl (C=O) groups is 1. The molecule has 0 bridgehead atoms. The molecule has 3 aromatic rings. The standard InChI is InChI=1S/C23H26FN5O/c1-17-21(16-26-29(17)20-9-7-19(24)8-10-20)23(30)25-15-18-5-3-4-6-22(18)28-13-11-27(2)12-14-28/h3-10,16H,11-15H2,1-2H3,(H,25,30). The number of nitrogens with zero attached hydrogens (tertiary/aromatic N) is 4. The fourth-order valence-corrected chi connectivity index (χ4v) is 3.76. The highest BCUT2D eigenvalue weighted by Gasteiger charge is 2.18. The SMILES string of the molecule is Cc1c(C(=O)NCc2ccccc2N2CCN(C)CC2)cnn1-c1ccc(F)cc1. The highest BCUT2D eigenvalue weighted by Crippen LogP contribution is 2.22. The van der Waals surface area contributed by atoms with Gasteiger partial charge in [-0.15, -0.1) is 0 Å². The third-order valence-electron chi connectivity index (χ3n) is 5.60. The van der Waals surface area contributed by atoms with E-state index in [1.165, 1.54) is 17.8 Å². The van der Waals surface area contributed by atoms with E-state index in [9.17, 15) is 9.18 Å². The molecule has 1 amide bonds. The number of benzene rings is 2. The van der Waals surface area contributed by atoms with E-state index in [1.54, 1.807) is 23.0 Å². The third-order valence-corrected chi connectivity index (χ3v) is 5.60. The lowest BCUT2D eigenvalue weighted by Gasteiger charge is -2.35. The fourth-order valence-electron chi connectivity index (χ4n) is 3.76. The molecule has 0 radical (unpaired) electrons. The first-order chi connectivity index (χ1) is 14.5. The van der Waals surface area contributed by atoms with Crippen LogP contribution in [0.1, 0.15) is 21.6 Å². The summed E-state index contributed by atoms with van der Waals surface area (Å²) in [6.45, 7) is 6.30. The number of hydrogen-bond acceptors (Lipinski definition) is 4. The molecule has 4 rings (SSSR count). The van der Waals surface area contributed by atoms with E-state index in [0.29, 0.717) is 23.5 Å². The van der Waals surface area contributed by atoms with Crippen molar-refractivity contribution in [2.45, 2.75) is 13.5 Å². The summed E-state index contributed by atoms with van der Waals surface area (Å²) in [7, 11) is 2.14. The number of likely N-dealkylation sites (N-methyl/N-ethyl adjacent to an activating group) is 1. The van der Waals surface area contributed by atoms with Crippen molar-refractivity contribution in [3.05, 3.63) is 77.4 Å². The average molecular weight is 407 g/mol. The van der Waals surface area contributed by atoms with E-state index in [4.69, 9.17) is 0 Å². The maximum absolute atomic E-state index is 13.2. The van der Waals surface area contributed by atoms with E-state index < -0.39 is 0 Å². The highest BCUT2D eigenvalue weighted by atomic mass is 19.1. The summed E-state index contributed by atoms with van der Waals surface area (Å²) in [5.41, 5.74) is 4.21. The van der Waals surface area contributed by atoms with Crippen LogP contribution in [0, 0.1) is 12.7 Å². The lowest BCUT2D eigenvalue weighted by Crippen LogP contribution is -2.45. The lowest BCUT2D eigenvalue weighted by atomic mass is 10.1. The van der Waals surface area contributed by atoms with Crippen molar-refractivity contribution in [3.63, 3.8) is 0 Å². The van der Waals surface area contributed by atoms with Gasteiger partial charge < -0.3 is 15.1 Å². The van der Waals surface area contributed by atoms with Crippen LogP contribution in [-0.2, 0) is 6.54 Å². The lowest BCUT2D eigenvalue weighted by molar-refractivity contribution is 0.0950. The Morgan fingerprint density at radius 1 is 1.07 bits per heavy atom. The summed E-state index contributed by atoms with van der Waals surface area (Å²) >= 11 is 0. The molecule has 1 fully saturated rings. The second-order valence-corrected chi connectivity index (χ2v) is 7.63. The molecule has 1 saturated heterocycles. The van der Waals surface area contributed by atoms with Crippen molar-refractivity contribution in [1.29, 1.82) is 0 Å². The van der Waals surface area contributed by atoms with Crippen LogP contribution in [0.4, 0.5) is 10.1 Å². The predicted octanol–water partition coefficient (Wildman–Crippen LogP) is 3.00. The van der Waals surface area contributed by atoms with E-state index in [-0.39, 0.29) is 11.7 Å². The van der Waals surface area contributed by atoms with Gasteiger partial charge in [0.25, 0.3) is 5.91 Å². The Bertz CT molecular complexity index is 1020. The van der Waals surface area contributed by atoms with Gasteiger partial charge in [-0.3, -0.25) is 4.79 Å². The van der Waals surface area contributed by atoms with Crippen molar-refractivity contribution >= 4 is 11.6 Å². The molecule has 1 aliphatic heterocycles. The minimum absolute atomic E-state index is 0.172. The van der Waals surface area contributed by atoms with Gasteiger partial charge in [0.05, 0.1) is 23.1 Å². The van der Waals surface area contributed by atoms with Crippen molar-refractivity contribution in [1.82, 2.24) is 20.0 Å². The number of nitrogens with one attached hydrogen (secondary N) is 1. The van der Waals surface area contributed by atoms with Gasteiger partial charge in [-0.05, 0) is 49.9 Å². The number of halogens is 1. The quantitative estimate of drug-likeness (QED) is 0.707. The van der Waals surface area contributed by atoms with Crippen LogP contribution in [0.15, 0.2) is 54.7 Å². The summed E-state index contributed by atoms with van der Waals surface area (Å²) in [5, 5.41) is 7.34. The fraction of sp³-hybridized carbons (Fsp3) is 0.304. The minimum atomic E-state index is -0.305. The number of anilines is 1. The Morgan fingerprint density at radius 3 is 2.50 bits per heavy atom. The zero-order chi connectivity index (χ0) is 21.1. The van der Waals surface area contributed by atoms with Crippen LogP contribution < -0.4 is 10.2 Å². The molecule has 1 N–H and O–H groups in total. The van der Waals surface area contributed by atoms with Gasteiger partial charge in [-0.25, -0.2) is 9.07 Å². The zero-order valence-electron chi connectivity index (χ0n) is 17.3. The van der Waals surface area contributed by atoms with Gasteiger partial charge in [-0.2, -0.15) is 5.10 Å². The topological polar surface area (TPSA) is 53.4 Å². The first-order valence-corrected chi connectivity index (χ1v) is 10.1. The summed E-state index contributed by atoms with van der Waals surface area (Å²) in [4.78, 5) is 17.5. The van der Waals surface area contributed by atoms with Crippen molar-refractivity contribution < 1.29 is 9.18 Å². The van der Waals surface area contributed by atoms with Crippen molar-refractivity contribution in [2.75, 3.05) is 38.1 Å². The second-order valence-electron chi connectivity index (χ2n) is 7.63. The molecular formula is C23H26FN5O. The number of carbonyl (C=O) groups excluding carboxylic acids is 1. The number of rotatable bonds is 5. The van der Waals surface area contributed by atoms with E-state index in [0.717, 1.165) is 31.7 Å². The largest absolute Gasteiger partial charge is 0.369 e. The van der Waals surface area contributed by atoms with Gasteiger partial charge in [0.2, 0.25) is 0 Å². The van der Waals surface area contributed by atoms with E-state index >= 15 is 0 Å². The third kappa shape index (κ3) is 4.21. The molecule has 30 heavy (non-hydrogen) atoms. The summed E-state index contributed by atoms with van der Waals surface area (Å²) in [6, 6.07) is 14.3. The first kappa shape index (κ1) is 20.1. The Balaban J connectivity index is 1.46. The van der Waals surface area contributed by atoms with Crippen molar-refractivity contribution in [3.8, 4) is 5.69 Å². The second kappa shape index (κ2) is 8.67. The number of amides is 1. The molecule has 7 heteroatoms.